The van der Waals surface area contributed by atoms with Crippen LogP contribution in [-0.2, 0) is 14.3 Å². The number of carbonyl (C=O) groups is 2. The maximum Gasteiger partial charge on any atom is 0.227 e. The summed E-state index contributed by atoms with van der Waals surface area (Å²) < 4.78 is 5.28. The summed E-state index contributed by atoms with van der Waals surface area (Å²) in [6, 6.07) is -0.159. The molecule has 2 aliphatic rings. The number of amides is 2. The monoisotopic (exact) mass is 297 g/mol. The first-order valence-corrected chi connectivity index (χ1v) is 7.91. The van der Waals surface area contributed by atoms with E-state index in [1.165, 1.54) is 0 Å². The number of ether oxygens (including phenoxy) is 1. The third-order valence-electron chi connectivity index (χ3n) is 4.58. The lowest BCUT2D eigenvalue weighted by Gasteiger charge is -2.37. The summed E-state index contributed by atoms with van der Waals surface area (Å²) in [6.45, 7) is 7.54. The van der Waals surface area contributed by atoms with Crippen molar-refractivity contribution in [2.75, 3.05) is 39.4 Å². The smallest absolute Gasteiger partial charge is 0.227 e. The highest BCUT2D eigenvalue weighted by Gasteiger charge is 2.33. The van der Waals surface area contributed by atoms with Crippen molar-refractivity contribution in [3.8, 4) is 0 Å². The van der Waals surface area contributed by atoms with E-state index in [-0.39, 0.29) is 29.7 Å². The van der Waals surface area contributed by atoms with E-state index in [0.717, 1.165) is 19.4 Å². The number of hydrogen-bond acceptors (Lipinski definition) is 4. The van der Waals surface area contributed by atoms with Crippen LogP contribution >= 0.6 is 0 Å². The van der Waals surface area contributed by atoms with Gasteiger partial charge >= 0.3 is 0 Å². The highest BCUT2D eigenvalue weighted by Crippen LogP contribution is 2.21. The van der Waals surface area contributed by atoms with Gasteiger partial charge in [-0.1, -0.05) is 6.92 Å². The summed E-state index contributed by atoms with van der Waals surface area (Å²) in [5.41, 5.74) is 5.82. The fourth-order valence-corrected chi connectivity index (χ4v) is 2.93. The Bertz CT molecular complexity index is 380. The van der Waals surface area contributed by atoms with Gasteiger partial charge in [-0.2, -0.15) is 0 Å². The van der Waals surface area contributed by atoms with E-state index in [0.29, 0.717) is 32.8 Å². The number of likely N-dealkylation sites (tertiary alicyclic amines) is 1. The zero-order valence-corrected chi connectivity index (χ0v) is 13.1. The maximum atomic E-state index is 12.5. The second-order valence-electron chi connectivity index (χ2n) is 6.21. The van der Waals surface area contributed by atoms with Crippen LogP contribution in [0.5, 0.6) is 0 Å². The molecule has 2 rings (SSSR count). The average molecular weight is 297 g/mol. The van der Waals surface area contributed by atoms with Gasteiger partial charge in [0.05, 0.1) is 25.0 Å². The second-order valence-corrected chi connectivity index (χ2v) is 6.21. The molecule has 6 heteroatoms. The number of nitrogens with two attached hydrogens (primary N) is 1. The highest BCUT2D eigenvalue weighted by atomic mass is 16.5. The summed E-state index contributed by atoms with van der Waals surface area (Å²) >= 11 is 0. The molecular weight excluding hydrogens is 270 g/mol. The van der Waals surface area contributed by atoms with Gasteiger partial charge in [0.2, 0.25) is 11.8 Å². The molecule has 3 unspecified atom stereocenters. The van der Waals surface area contributed by atoms with E-state index in [4.69, 9.17) is 10.5 Å². The largest absolute Gasteiger partial charge is 0.378 e. The van der Waals surface area contributed by atoms with Crippen molar-refractivity contribution in [1.29, 1.82) is 0 Å². The first-order chi connectivity index (χ1) is 10.0. The van der Waals surface area contributed by atoms with Gasteiger partial charge < -0.3 is 20.3 Å². The average Bonchev–Trinajstić information content (AvgIpc) is 2.53. The van der Waals surface area contributed by atoms with Gasteiger partial charge in [0, 0.05) is 32.2 Å². The van der Waals surface area contributed by atoms with Crippen molar-refractivity contribution in [3.63, 3.8) is 0 Å². The Morgan fingerprint density at radius 1 is 1.14 bits per heavy atom. The van der Waals surface area contributed by atoms with E-state index in [1.807, 2.05) is 23.6 Å². The minimum atomic E-state index is -0.192. The molecule has 2 saturated heterocycles. The highest BCUT2D eigenvalue weighted by molar-refractivity contribution is 5.82. The fraction of sp³-hybridized carbons (Fsp3) is 0.867. The van der Waals surface area contributed by atoms with Crippen LogP contribution in [0.3, 0.4) is 0 Å². The number of carbonyl (C=O) groups excluding carboxylic acids is 2. The molecule has 0 radical (unpaired) electrons. The molecule has 3 atom stereocenters. The van der Waals surface area contributed by atoms with Crippen molar-refractivity contribution in [1.82, 2.24) is 9.80 Å². The Balaban J connectivity index is 1.93. The van der Waals surface area contributed by atoms with Crippen LogP contribution < -0.4 is 5.73 Å². The van der Waals surface area contributed by atoms with Crippen molar-refractivity contribution in [3.05, 3.63) is 0 Å². The molecule has 0 aromatic rings. The lowest BCUT2D eigenvalue weighted by molar-refractivity contribution is -0.145. The summed E-state index contributed by atoms with van der Waals surface area (Å²) in [5.74, 6) is -0.0166. The van der Waals surface area contributed by atoms with Gasteiger partial charge in [-0.3, -0.25) is 9.59 Å². The Kier molecular flexibility index (Phi) is 5.58. The van der Waals surface area contributed by atoms with Crippen LogP contribution in [0.2, 0.25) is 0 Å². The van der Waals surface area contributed by atoms with Crippen LogP contribution in [0.15, 0.2) is 0 Å². The quantitative estimate of drug-likeness (QED) is 0.799. The van der Waals surface area contributed by atoms with Crippen LogP contribution in [0.25, 0.3) is 0 Å². The third-order valence-corrected chi connectivity index (χ3v) is 4.58. The van der Waals surface area contributed by atoms with E-state index in [9.17, 15) is 9.59 Å². The molecule has 0 aromatic carbocycles. The van der Waals surface area contributed by atoms with Gasteiger partial charge in [-0.05, 0) is 19.8 Å². The fourth-order valence-electron chi connectivity index (χ4n) is 2.93. The van der Waals surface area contributed by atoms with E-state index >= 15 is 0 Å². The van der Waals surface area contributed by atoms with Crippen molar-refractivity contribution in [2.24, 2.45) is 17.6 Å². The summed E-state index contributed by atoms with van der Waals surface area (Å²) in [5, 5.41) is 0. The van der Waals surface area contributed by atoms with Crippen LogP contribution in [-0.4, -0.2) is 67.0 Å². The molecule has 2 amide bonds. The number of piperidine rings is 1. The van der Waals surface area contributed by atoms with Crippen molar-refractivity contribution < 1.29 is 14.3 Å². The summed E-state index contributed by atoms with van der Waals surface area (Å²) in [7, 11) is 0. The SMILES string of the molecule is CC(N)C(C)C(=O)N1CCCC(C(=O)N2CCOCC2)C1. The topological polar surface area (TPSA) is 75.9 Å². The predicted octanol–water partition coefficient (Wildman–Crippen LogP) is 0.0671. The molecule has 6 nitrogen and oxygen atoms in total. The summed E-state index contributed by atoms with van der Waals surface area (Å²) in [6.07, 6.45) is 1.75. The Morgan fingerprint density at radius 2 is 1.81 bits per heavy atom. The van der Waals surface area contributed by atoms with E-state index < -0.39 is 0 Å². The normalized spacial score (nSPS) is 26.3. The van der Waals surface area contributed by atoms with E-state index in [1.54, 1.807) is 0 Å². The molecule has 0 saturated carbocycles. The molecule has 2 N–H and O–H groups in total. The number of rotatable bonds is 3. The predicted molar refractivity (Wildman–Crippen MR) is 79.5 cm³/mol. The first kappa shape index (κ1) is 16.2. The maximum absolute atomic E-state index is 12.5. The zero-order chi connectivity index (χ0) is 15.4. The van der Waals surface area contributed by atoms with Crippen LogP contribution in [0, 0.1) is 11.8 Å². The number of nitrogens with zero attached hydrogens (tertiary/aromatic N) is 2. The Hall–Kier alpha value is -1.14. The van der Waals surface area contributed by atoms with E-state index in [2.05, 4.69) is 0 Å². The van der Waals surface area contributed by atoms with Crippen LogP contribution in [0.1, 0.15) is 26.7 Å². The van der Waals surface area contributed by atoms with Crippen molar-refractivity contribution in [2.45, 2.75) is 32.7 Å². The molecule has 0 bridgehead atoms. The molecule has 2 fully saturated rings. The molecule has 21 heavy (non-hydrogen) atoms. The molecule has 2 heterocycles. The Labute approximate surface area is 126 Å². The van der Waals surface area contributed by atoms with Gasteiger partial charge in [-0.15, -0.1) is 0 Å². The lowest BCUT2D eigenvalue weighted by atomic mass is 9.94. The molecular formula is C15H27N3O3. The molecule has 0 aliphatic carbocycles. The molecule has 0 spiro atoms. The summed E-state index contributed by atoms with van der Waals surface area (Å²) in [4.78, 5) is 28.6. The van der Waals surface area contributed by atoms with Gasteiger partial charge in [0.15, 0.2) is 0 Å². The number of hydrogen-bond donors (Lipinski definition) is 1. The van der Waals surface area contributed by atoms with Crippen molar-refractivity contribution >= 4 is 11.8 Å². The molecule has 2 aliphatic heterocycles. The Morgan fingerprint density at radius 3 is 2.43 bits per heavy atom. The lowest BCUT2D eigenvalue weighted by Crippen LogP contribution is -2.51. The zero-order valence-electron chi connectivity index (χ0n) is 13.1. The van der Waals surface area contributed by atoms with Crippen LogP contribution in [0.4, 0.5) is 0 Å². The van der Waals surface area contributed by atoms with Gasteiger partial charge in [0.25, 0.3) is 0 Å². The standard InChI is InChI=1S/C15H27N3O3/c1-11(12(2)16)14(19)18-5-3-4-13(10-18)15(20)17-6-8-21-9-7-17/h11-13H,3-10,16H2,1-2H3. The molecule has 0 aromatic heterocycles. The first-order valence-electron chi connectivity index (χ1n) is 7.91. The third kappa shape index (κ3) is 3.95. The minimum Gasteiger partial charge on any atom is -0.378 e. The van der Waals surface area contributed by atoms with Gasteiger partial charge in [0.1, 0.15) is 0 Å². The minimum absolute atomic E-state index is 0.0684. The second kappa shape index (κ2) is 7.22. The number of morpholine rings is 1. The molecule has 120 valence electrons. The van der Waals surface area contributed by atoms with Gasteiger partial charge in [-0.25, -0.2) is 0 Å².